The summed E-state index contributed by atoms with van der Waals surface area (Å²) in [6, 6.07) is 14.3. The van der Waals surface area contributed by atoms with Gasteiger partial charge in [-0.3, -0.25) is 4.79 Å². The lowest BCUT2D eigenvalue weighted by atomic mass is 10.0. The van der Waals surface area contributed by atoms with Gasteiger partial charge in [0.1, 0.15) is 5.82 Å². The second-order valence-corrected chi connectivity index (χ2v) is 7.75. The van der Waals surface area contributed by atoms with E-state index in [9.17, 15) is 24.3 Å². The van der Waals surface area contributed by atoms with Crippen LogP contribution in [-0.2, 0) is 4.79 Å². The number of para-hydroxylation sites is 1. The molecule has 162 valence electrons. The molecule has 2 aromatic carbocycles. The Morgan fingerprint density at radius 3 is 2.45 bits per heavy atom. The molecule has 3 rings (SSSR count). The van der Waals surface area contributed by atoms with E-state index in [1.54, 1.807) is 24.3 Å². The summed E-state index contributed by atoms with van der Waals surface area (Å²) in [6.07, 6.45) is 0.580. The summed E-state index contributed by atoms with van der Waals surface area (Å²) >= 11 is 0. The summed E-state index contributed by atoms with van der Waals surface area (Å²) in [5.74, 6) is -1.28. The molecular weight excluding hydrogens is 399 g/mol. The molecule has 0 spiro atoms. The van der Waals surface area contributed by atoms with Gasteiger partial charge in [-0.15, -0.1) is 4.91 Å². The van der Waals surface area contributed by atoms with E-state index in [1.807, 2.05) is 24.3 Å². The summed E-state index contributed by atoms with van der Waals surface area (Å²) in [5, 5.41) is 23.5. The van der Waals surface area contributed by atoms with Gasteiger partial charge in [-0.1, -0.05) is 36.4 Å². The van der Waals surface area contributed by atoms with Crippen LogP contribution in [0.1, 0.15) is 38.4 Å². The Bertz CT molecular complexity index is 1100. The van der Waals surface area contributed by atoms with E-state index in [4.69, 9.17) is 0 Å². The minimum Gasteiger partial charge on any atom is -0.392 e. The van der Waals surface area contributed by atoms with Gasteiger partial charge < -0.3 is 14.8 Å². The fourth-order valence-corrected chi connectivity index (χ4v) is 3.80. The highest BCUT2D eigenvalue weighted by Gasteiger charge is 2.19. The van der Waals surface area contributed by atoms with Crippen molar-refractivity contribution in [1.29, 1.82) is 0 Å². The number of amides is 1. The first-order chi connectivity index (χ1) is 14.8. The van der Waals surface area contributed by atoms with Crippen LogP contribution in [-0.4, -0.2) is 32.9 Å². The maximum absolute atomic E-state index is 13.5. The molecule has 3 aromatic rings. The molecule has 0 aliphatic heterocycles. The molecule has 0 unspecified atom stereocenters. The molecule has 2 atom stereocenters. The predicted molar refractivity (Wildman–Crippen MR) is 119 cm³/mol. The monoisotopic (exact) mass is 424 g/mol. The fourth-order valence-electron chi connectivity index (χ4n) is 3.80. The molecule has 0 aliphatic rings. The zero-order valence-corrected chi connectivity index (χ0v) is 17.4. The molecule has 31 heavy (non-hydrogen) atoms. The van der Waals surface area contributed by atoms with Crippen molar-refractivity contribution in [2.75, 3.05) is 0 Å². The lowest BCUT2D eigenvalue weighted by Gasteiger charge is -2.15. The molecule has 1 aromatic heterocycles. The molecule has 1 heterocycles. The molecule has 2 N–H and O–H groups in total. The number of hydrogen-bond acceptors (Lipinski definition) is 4. The number of nitroso groups, excluding NO2 is 1. The van der Waals surface area contributed by atoms with E-state index in [-0.39, 0.29) is 18.3 Å². The number of nitrogens with zero attached hydrogens (tertiary/aromatic N) is 2. The summed E-state index contributed by atoms with van der Waals surface area (Å²) in [4.78, 5) is 21.3. The van der Waals surface area contributed by atoms with Crippen LogP contribution in [0.3, 0.4) is 0 Å². The predicted octanol–water partition coefficient (Wildman–Crippen LogP) is 4.84. The molecule has 1 amide bonds. The number of aliphatic hydroxyl groups excluding tert-OH is 2. The number of aromatic nitrogens is 1. The van der Waals surface area contributed by atoms with Crippen molar-refractivity contribution in [1.82, 2.24) is 4.57 Å². The number of rotatable bonds is 8. The Hall–Kier alpha value is -3.16. The van der Waals surface area contributed by atoms with E-state index in [2.05, 4.69) is 23.6 Å². The molecule has 0 radical (unpaired) electrons. The van der Waals surface area contributed by atoms with Crippen LogP contribution in [0.15, 0.2) is 59.8 Å². The van der Waals surface area contributed by atoms with Gasteiger partial charge in [0.2, 0.25) is 0 Å². The average molecular weight is 424 g/mol. The van der Waals surface area contributed by atoms with Crippen LogP contribution in [0.5, 0.6) is 0 Å². The highest BCUT2D eigenvalue weighted by Crippen LogP contribution is 2.38. The second kappa shape index (κ2) is 9.76. The summed E-state index contributed by atoms with van der Waals surface area (Å²) in [6.45, 7) is 4.10. The van der Waals surface area contributed by atoms with Crippen LogP contribution < -0.4 is 0 Å². The highest BCUT2D eigenvalue weighted by atomic mass is 19.1. The molecule has 0 aliphatic carbocycles. The lowest BCUT2D eigenvalue weighted by molar-refractivity contribution is -0.120. The van der Waals surface area contributed by atoms with Crippen LogP contribution in [0.4, 0.5) is 4.39 Å². The highest BCUT2D eigenvalue weighted by molar-refractivity contribution is 6.01. The maximum atomic E-state index is 13.5. The maximum Gasteiger partial charge on any atom is 0.288 e. The first kappa shape index (κ1) is 22.5. The van der Waals surface area contributed by atoms with Crippen molar-refractivity contribution in [3.05, 3.63) is 71.0 Å². The van der Waals surface area contributed by atoms with Crippen molar-refractivity contribution in [3.8, 4) is 11.1 Å². The van der Waals surface area contributed by atoms with E-state index in [0.717, 1.165) is 27.7 Å². The number of carbonyl (C=O) groups excluding carboxylic acids is 1. The minimum absolute atomic E-state index is 0.106. The number of carbonyl (C=O) groups is 1. The smallest absolute Gasteiger partial charge is 0.288 e. The number of aliphatic hydroxyl groups is 2. The first-order valence-corrected chi connectivity index (χ1v) is 10.1. The Labute approximate surface area is 179 Å². The molecule has 0 fully saturated rings. The summed E-state index contributed by atoms with van der Waals surface area (Å²) in [7, 11) is 0. The molecule has 0 saturated heterocycles. The van der Waals surface area contributed by atoms with E-state index < -0.39 is 24.5 Å². The quantitative estimate of drug-likeness (QED) is 0.506. The van der Waals surface area contributed by atoms with Gasteiger partial charge in [0.05, 0.1) is 18.6 Å². The Morgan fingerprint density at radius 1 is 1.13 bits per heavy atom. The van der Waals surface area contributed by atoms with Crippen LogP contribution >= 0.6 is 0 Å². The van der Waals surface area contributed by atoms with Gasteiger partial charge in [-0.25, -0.2) is 4.39 Å². The van der Waals surface area contributed by atoms with Crippen LogP contribution in [0, 0.1) is 10.7 Å². The molecule has 6 nitrogen and oxygen atoms in total. The number of fused-ring (bicyclic) bond motifs is 1. The van der Waals surface area contributed by atoms with E-state index in [1.165, 1.54) is 12.1 Å². The minimum atomic E-state index is -1.17. The zero-order chi connectivity index (χ0) is 22.5. The molecular formula is C24H25FN2O4. The molecule has 0 bridgehead atoms. The van der Waals surface area contributed by atoms with Crippen molar-refractivity contribution in [2.45, 2.75) is 44.9 Å². The Morgan fingerprint density at radius 2 is 1.81 bits per heavy atom. The van der Waals surface area contributed by atoms with Crippen molar-refractivity contribution in [2.24, 2.45) is 5.18 Å². The standard InChI is InChI=1S/C24H25FN2O4/c1-15(2)27-21-6-4-3-5-20(21)24(16-7-9-17(25)10-8-16)22(27)12-11-18(28)13-19(29)14-23(30)26-31/h3-12,15,18-19,28-29H,13-14H2,1-2H3/b12-11+/t18-,19-/m1/s1. The number of halogens is 1. The topological polar surface area (TPSA) is 91.9 Å². The summed E-state index contributed by atoms with van der Waals surface area (Å²) < 4.78 is 15.6. The van der Waals surface area contributed by atoms with E-state index >= 15 is 0 Å². The zero-order valence-electron chi connectivity index (χ0n) is 17.4. The normalized spacial score (nSPS) is 13.7. The fraction of sp³-hybridized carbons (Fsp3) is 0.292. The van der Waals surface area contributed by atoms with Crippen LogP contribution in [0.25, 0.3) is 28.1 Å². The first-order valence-electron chi connectivity index (χ1n) is 10.1. The van der Waals surface area contributed by atoms with Crippen molar-refractivity contribution < 1.29 is 19.4 Å². The SMILES string of the molecule is CC(C)n1c(/C=C/[C@@H](O)C[C@@H](O)CC(=O)N=O)c(-c2ccc(F)cc2)c2ccccc21. The van der Waals surface area contributed by atoms with Crippen LogP contribution in [0.2, 0.25) is 0 Å². The number of hydrogen-bond donors (Lipinski definition) is 2. The van der Waals surface area contributed by atoms with Gasteiger partial charge in [-0.2, -0.15) is 0 Å². The Kier molecular flexibility index (Phi) is 7.09. The third-order valence-corrected chi connectivity index (χ3v) is 5.10. The average Bonchev–Trinajstić information content (AvgIpc) is 3.07. The lowest BCUT2D eigenvalue weighted by Crippen LogP contribution is -2.18. The Balaban J connectivity index is 2.04. The molecule has 7 heteroatoms. The van der Waals surface area contributed by atoms with E-state index in [0.29, 0.717) is 0 Å². The second-order valence-electron chi connectivity index (χ2n) is 7.75. The molecule has 0 saturated carbocycles. The third kappa shape index (κ3) is 5.13. The third-order valence-electron chi connectivity index (χ3n) is 5.10. The van der Waals surface area contributed by atoms with Gasteiger partial charge in [0.25, 0.3) is 5.91 Å². The van der Waals surface area contributed by atoms with Crippen molar-refractivity contribution in [3.63, 3.8) is 0 Å². The van der Waals surface area contributed by atoms with Gasteiger partial charge in [-0.05, 0) is 43.7 Å². The van der Waals surface area contributed by atoms with Gasteiger partial charge in [0.15, 0.2) is 0 Å². The number of benzene rings is 2. The van der Waals surface area contributed by atoms with Crippen molar-refractivity contribution >= 4 is 22.9 Å². The van der Waals surface area contributed by atoms with Gasteiger partial charge >= 0.3 is 0 Å². The van der Waals surface area contributed by atoms with Gasteiger partial charge in [0, 0.05) is 39.8 Å². The summed E-state index contributed by atoms with van der Waals surface area (Å²) in [5.41, 5.74) is 3.60. The largest absolute Gasteiger partial charge is 0.392 e.